The largest absolute Gasteiger partial charge is 0.313 e. The van der Waals surface area contributed by atoms with Crippen LogP contribution in [0.15, 0.2) is 36.4 Å². The predicted molar refractivity (Wildman–Crippen MR) is 72.7 cm³/mol. The van der Waals surface area contributed by atoms with Gasteiger partial charge in [0.25, 0.3) is 0 Å². The summed E-state index contributed by atoms with van der Waals surface area (Å²) in [4.78, 5) is 0. The highest BCUT2D eigenvalue weighted by molar-refractivity contribution is 5.48. The molecule has 0 amide bonds. The standard InChI is InChI=1S/C16H21N/c1-2-5-14(6-3-1)7-4-12-17-13-16(10-11-16)15-8-9-15/h1-7,15,17H,8-13H2/b7-4+. The van der Waals surface area contributed by atoms with Gasteiger partial charge in [-0.3, -0.25) is 0 Å². The molecule has 1 heteroatoms. The molecule has 0 unspecified atom stereocenters. The molecule has 0 heterocycles. The van der Waals surface area contributed by atoms with Gasteiger partial charge < -0.3 is 5.32 Å². The molecule has 0 radical (unpaired) electrons. The van der Waals surface area contributed by atoms with Crippen LogP contribution in [-0.4, -0.2) is 13.1 Å². The van der Waals surface area contributed by atoms with Crippen molar-refractivity contribution in [3.63, 3.8) is 0 Å². The summed E-state index contributed by atoms with van der Waals surface area (Å²) >= 11 is 0. The highest BCUT2D eigenvalue weighted by atomic mass is 14.9. The Morgan fingerprint density at radius 3 is 2.59 bits per heavy atom. The number of hydrogen-bond acceptors (Lipinski definition) is 1. The van der Waals surface area contributed by atoms with E-state index in [0.717, 1.165) is 17.9 Å². The maximum Gasteiger partial charge on any atom is 0.0138 e. The van der Waals surface area contributed by atoms with Crippen molar-refractivity contribution in [2.24, 2.45) is 11.3 Å². The molecule has 1 aromatic carbocycles. The minimum atomic E-state index is 0.723. The van der Waals surface area contributed by atoms with Crippen molar-refractivity contribution in [2.75, 3.05) is 13.1 Å². The van der Waals surface area contributed by atoms with E-state index in [0.29, 0.717) is 0 Å². The number of hydrogen-bond donors (Lipinski definition) is 1. The van der Waals surface area contributed by atoms with Crippen LogP contribution in [0.1, 0.15) is 31.2 Å². The fraction of sp³-hybridized carbons (Fsp3) is 0.500. The lowest BCUT2D eigenvalue weighted by molar-refractivity contribution is 0.413. The third-order valence-electron chi connectivity index (χ3n) is 4.18. The molecule has 0 spiro atoms. The molecule has 0 aromatic heterocycles. The van der Waals surface area contributed by atoms with Crippen molar-refractivity contribution in [1.29, 1.82) is 0 Å². The Hall–Kier alpha value is -1.08. The van der Waals surface area contributed by atoms with Crippen LogP contribution >= 0.6 is 0 Å². The van der Waals surface area contributed by atoms with Gasteiger partial charge in [0.15, 0.2) is 0 Å². The Bertz CT molecular complexity index is 385. The van der Waals surface area contributed by atoms with Gasteiger partial charge in [0.05, 0.1) is 0 Å². The van der Waals surface area contributed by atoms with Crippen molar-refractivity contribution < 1.29 is 0 Å². The van der Waals surface area contributed by atoms with E-state index in [-0.39, 0.29) is 0 Å². The van der Waals surface area contributed by atoms with Gasteiger partial charge in [0.1, 0.15) is 0 Å². The Morgan fingerprint density at radius 1 is 1.18 bits per heavy atom. The molecule has 90 valence electrons. The second-order valence-corrected chi connectivity index (χ2v) is 5.58. The summed E-state index contributed by atoms with van der Waals surface area (Å²) in [5, 5.41) is 3.59. The van der Waals surface area contributed by atoms with Crippen molar-refractivity contribution in [2.45, 2.75) is 25.7 Å². The second-order valence-electron chi connectivity index (χ2n) is 5.58. The summed E-state index contributed by atoms with van der Waals surface area (Å²) < 4.78 is 0. The lowest BCUT2D eigenvalue weighted by atomic mass is 10.0. The van der Waals surface area contributed by atoms with Crippen molar-refractivity contribution in [3.05, 3.63) is 42.0 Å². The lowest BCUT2D eigenvalue weighted by Crippen LogP contribution is -2.25. The summed E-state index contributed by atoms with van der Waals surface area (Å²) in [6.45, 7) is 2.24. The Labute approximate surface area is 104 Å². The van der Waals surface area contributed by atoms with Crippen LogP contribution in [0.5, 0.6) is 0 Å². The van der Waals surface area contributed by atoms with E-state index in [4.69, 9.17) is 0 Å². The van der Waals surface area contributed by atoms with Crippen molar-refractivity contribution in [3.8, 4) is 0 Å². The zero-order valence-corrected chi connectivity index (χ0v) is 10.4. The first-order valence-corrected chi connectivity index (χ1v) is 6.81. The number of rotatable bonds is 6. The summed E-state index contributed by atoms with van der Waals surface area (Å²) in [7, 11) is 0. The van der Waals surface area contributed by atoms with Gasteiger partial charge in [-0.05, 0) is 42.6 Å². The van der Waals surface area contributed by atoms with Gasteiger partial charge in [-0.1, -0.05) is 42.5 Å². The van der Waals surface area contributed by atoms with Crippen molar-refractivity contribution in [1.82, 2.24) is 5.32 Å². The van der Waals surface area contributed by atoms with Gasteiger partial charge in [-0.2, -0.15) is 0 Å². The molecule has 0 aliphatic heterocycles. The average molecular weight is 227 g/mol. The van der Waals surface area contributed by atoms with Crippen molar-refractivity contribution >= 4 is 6.08 Å². The summed E-state index contributed by atoms with van der Waals surface area (Å²) in [6, 6.07) is 10.5. The fourth-order valence-corrected chi connectivity index (χ4v) is 2.75. The van der Waals surface area contributed by atoms with Gasteiger partial charge in [0, 0.05) is 13.1 Å². The van der Waals surface area contributed by atoms with Crippen LogP contribution in [0, 0.1) is 11.3 Å². The highest BCUT2D eigenvalue weighted by Crippen LogP contribution is 2.60. The molecule has 1 nitrogen and oxygen atoms in total. The predicted octanol–water partition coefficient (Wildman–Crippen LogP) is 3.48. The zero-order chi connectivity index (χ0) is 11.6. The lowest BCUT2D eigenvalue weighted by Gasteiger charge is -2.13. The van der Waals surface area contributed by atoms with Crippen LogP contribution in [0.4, 0.5) is 0 Å². The SMILES string of the molecule is C(=C\c1ccccc1)/CNCC1(C2CC2)CC1. The summed E-state index contributed by atoms with van der Waals surface area (Å²) in [6.07, 6.45) is 10.3. The molecule has 2 aliphatic carbocycles. The van der Waals surface area contributed by atoms with E-state index in [1.165, 1.54) is 37.8 Å². The Morgan fingerprint density at radius 2 is 1.94 bits per heavy atom. The van der Waals surface area contributed by atoms with Gasteiger partial charge in [-0.25, -0.2) is 0 Å². The Balaban J connectivity index is 1.39. The number of benzene rings is 1. The van der Waals surface area contributed by atoms with Gasteiger partial charge in [0.2, 0.25) is 0 Å². The minimum Gasteiger partial charge on any atom is -0.313 e. The maximum absolute atomic E-state index is 3.59. The molecular formula is C16H21N. The molecule has 0 saturated heterocycles. The maximum atomic E-state index is 3.59. The monoisotopic (exact) mass is 227 g/mol. The third-order valence-corrected chi connectivity index (χ3v) is 4.18. The van der Waals surface area contributed by atoms with Gasteiger partial charge in [-0.15, -0.1) is 0 Å². The molecule has 2 fully saturated rings. The summed E-state index contributed by atoms with van der Waals surface area (Å²) in [5.41, 5.74) is 2.01. The molecule has 1 N–H and O–H groups in total. The normalized spacial score (nSPS) is 21.9. The van der Waals surface area contributed by atoms with E-state index >= 15 is 0 Å². The van der Waals surface area contributed by atoms with E-state index in [1.807, 2.05) is 0 Å². The average Bonchev–Trinajstić information content (AvgIpc) is 3.23. The quantitative estimate of drug-likeness (QED) is 0.734. The van der Waals surface area contributed by atoms with E-state index in [9.17, 15) is 0 Å². The minimum absolute atomic E-state index is 0.723. The second kappa shape index (κ2) is 4.66. The zero-order valence-electron chi connectivity index (χ0n) is 10.4. The molecule has 3 rings (SSSR count). The first-order valence-electron chi connectivity index (χ1n) is 6.81. The van der Waals surface area contributed by atoms with E-state index in [2.05, 4.69) is 47.8 Å². The fourth-order valence-electron chi connectivity index (χ4n) is 2.75. The Kier molecular flexibility index (Phi) is 3.02. The molecular weight excluding hydrogens is 206 g/mol. The van der Waals surface area contributed by atoms with Crippen LogP contribution in [-0.2, 0) is 0 Å². The van der Waals surface area contributed by atoms with Crippen LogP contribution in [0.2, 0.25) is 0 Å². The molecule has 0 atom stereocenters. The van der Waals surface area contributed by atoms with Gasteiger partial charge >= 0.3 is 0 Å². The highest BCUT2D eigenvalue weighted by Gasteiger charge is 2.52. The van der Waals surface area contributed by atoms with E-state index in [1.54, 1.807) is 0 Å². The molecule has 0 bridgehead atoms. The molecule has 17 heavy (non-hydrogen) atoms. The first kappa shape index (κ1) is 11.0. The van der Waals surface area contributed by atoms with Crippen LogP contribution < -0.4 is 5.32 Å². The van der Waals surface area contributed by atoms with Crippen LogP contribution in [0.25, 0.3) is 6.08 Å². The topological polar surface area (TPSA) is 12.0 Å². The molecule has 2 aliphatic rings. The number of nitrogens with one attached hydrogen (secondary N) is 1. The third kappa shape index (κ3) is 2.78. The smallest absolute Gasteiger partial charge is 0.0138 e. The molecule has 2 saturated carbocycles. The summed E-state index contributed by atoms with van der Waals surface area (Å²) in [5.74, 6) is 1.06. The van der Waals surface area contributed by atoms with Crippen LogP contribution in [0.3, 0.4) is 0 Å². The van der Waals surface area contributed by atoms with E-state index < -0.39 is 0 Å². The molecule has 1 aromatic rings. The first-order chi connectivity index (χ1) is 8.39.